The molecule has 5 heteroatoms. The van der Waals surface area contributed by atoms with Crippen LogP contribution in [0.5, 0.6) is 11.5 Å². The molecule has 2 aliphatic heterocycles. The average molecular weight is 320 g/mol. The molecule has 2 aliphatic rings. The second kappa shape index (κ2) is 8.52. The van der Waals surface area contributed by atoms with Crippen LogP contribution in [-0.2, 0) is 11.2 Å². The van der Waals surface area contributed by atoms with E-state index in [0.717, 1.165) is 70.1 Å². The summed E-state index contributed by atoms with van der Waals surface area (Å²) >= 11 is 0. The van der Waals surface area contributed by atoms with Gasteiger partial charge in [0.15, 0.2) is 11.5 Å². The van der Waals surface area contributed by atoms with Crippen LogP contribution in [0.1, 0.15) is 18.4 Å². The Hall–Kier alpha value is -1.30. The van der Waals surface area contributed by atoms with E-state index in [0.29, 0.717) is 6.61 Å². The van der Waals surface area contributed by atoms with Crippen molar-refractivity contribution in [1.29, 1.82) is 0 Å². The van der Waals surface area contributed by atoms with Crippen molar-refractivity contribution in [2.45, 2.75) is 25.4 Å². The lowest BCUT2D eigenvalue weighted by atomic mass is 10.1. The van der Waals surface area contributed by atoms with Crippen molar-refractivity contribution < 1.29 is 14.2 Å². The Morgan fingerprint density at radius 3 is 2.87 bits per heavy atom. The Labute approximate surface area is 138 Å². The van der Waals surface area contributed by atoms with Gasteiger partial charge in [-0.15, -0.1) is 0 Å². The fourth-order valence-electron chi connectivity index (χ4n) is 3.17. The van der Waals surface area contributed by atoms with Crippen LogP contribution in [0.15, 0.2) is 18.2 Å². The molecule has 5 nitrogen and oxygen atoms in total. The van der Waals surface area contributed by atoms with E-state index < -0.39 is 0 Å². The molecule has 23 heavy (non-hydrogen) atoms. The molecule has 0 spiro atoms. The maximum absolute atomic E-state index is 6.14. The number of methoxy groups -OCH3 is 1. The molecule has 1 aromatic carbocycles. The van der Waals surface area contributed by atoms with Crippen molar-refractivity contribution in [3.05, 3.63) is 23.8 Å². The van der Waals surface area contributed by atoms with Gasteiger partial charge >= 0.3 is 0 Å². The van der Waals surface area contributed by atoms with Gasteiger partial charge in [-0.05, 0) is 37.0 Å². The summed E-state index contributed by atoms with van der Waals surface area (Å²) in [4.78, 5) is 2.51. The molecule has 0 bridgehead atoms. The highest BCUT2D eigenvalue weighted by Gasteiger charge is 2.18. The van der Waals surface area contributed by atoms with Crippen molar-refractivity contribution in [1.82, 2.24) is 10.2 Å². The normalized spacial score (nSPS) is 22.7. The van der Waals surface area contributed by atoms with Gasteiger partial charge in [-0.1, -0.05) is 6.07 Å². The lowest BCUT2D eigenvalue weighted by molar-refractivity contribution is 0.00641. The third-order valence-corrected chi connectivity index (χ3v) is 4.57. The maximum atomic E-state index is 6.14. The maximum Gasteiger partial charge on any atom is 0.161 e. The van der Waals surface area contributed by atoms with Crippen molar-refractivity contribution in [3.8, 4) is 11.5 Å². The summed E-state index contributed by atoms with van der Waals surface area (Å²) in [5.41, 5.74) is 1.30. The molecule has 128 valence electrons. The molecule has 0 saturated carbocycles. The van der Waals surface area contributed by atoms with Gasteiger partial charge in [-0.25, -0.2) is 0 Å². The Bertz CT molecular complexity index is 483. The lowest BCUT2D eigenvalue weighted by Gasteiger charge is -2.27. The van der Waals surface area contributed by atoms with E-state index in [9.17, 15) is 0 Å². The lowest BCUT2D eigenvalue weighted by Crippen LogP contribution is -2.44. The summed E-state index contributed by atoms with van der Waals surface area (Å²) in [6.07, 6.45) is 3.30. The highest BCUT2D eigenvalue weighted by atomic mass is 16.5. The summed E-state index contributed by atoms with van der Waals surface area (Å²) in [7, 11) is 1.69. The zero-order valence-corrected chi connectivity index (χ0v) is 14.1. The second-order valence-electron chi connectivity index (χ2n) is 6.28. The Morgan fingerprint density at radius 2 is 2.13 bits per heavy atom. The number of nitrogens with zero attached hydrogens (tertiary/aromatic N) is 1. The first-order valence-corrected chi connectivity index (χ1v) is 8.69. The van der Waals surface area contributed by atoms with E-state index in [1.807, 2.05) is 6.07 Å². The zero-order valence-electron chi connectivity index (χ0n) is 14.1. The number of benzene rings is 1. The smallest absolute Gasteiger partial charge is 0.161 e. The molecule has 2 heterocycles. The van der Waals surface area contributed by atoms with Gasteiger partial charge in [0.2, 0.25) is 0 Å². The predicted octanol–water partition coefficient (Wildman–Crippen LogP) is 1.70. The van der Waals surface area contributed by atoms with Crippen LogP contribution in [0.2, 0.25) is 0 Å². The van der Waals surface area contributed by atoms with Crippen LogP contribution in [0.4, 0.5) is 0 Å². The second-order valence-corrected chi connectivity index (χ2v) is 6.28. The first-order chi connectivity index (χ1) is 11.3. The van der Waals surface area contributed by atoms with Gasteiger partial charge in [-0.2, -0.15) is 0 Å². The summed E-state index contributed by atoms with van der Waals surface area (Å²) in [6, 6.07) is 6.30. The van der Waals surface area contributed by atoms with Crippen molar-refractivity contribution in [2.75, 3.05) is 53.0 Å². The van der Waals surface area contributed by atoms with Gasteiger partial charge in [0.05, 0.1) is 13.7 Å². The van der Waals surface area contributed by atoms with E-state index in [4.69, 9.17) is 14.2 Å². The van der Waals surface area contributed by atoms with Crippen molar-refractivity contribution in [3.63, 3.8) is 0 Å². The number of piperazine rings is 1. The Balaban J connectivity index is 1.60. The minimum absolute atomic E-state index is 0.140. The van der Waals surface area contributed by atoms with Crippen LogP contribution in [0.25, 0.3) is 0 Å². The molecule has 0 radical (unpaired) electrons. The fourth-order valence-corrected chi connectivity index (χ4v) is 3.17. The first kappa shape index (κ1) is 16.6. The zero-order chi connectivity index (χ0) is 15.9. The van der Waals surface area contributed by atoms with Crippen LogP contribution >= 0.6 is 0 Å². The number of rotatable bonds is 6. The fraction of sp³-hybridized carbons (Fsp3) is 0.667. The van der Waals surface area contributed by atoms with E-state index in [-0.39, 0.29) is 6.10 Å². The topological polar surface area (TPSA) is 43.0 Å². The first-order valence-electron chi connectivity index (χ1n) is 8.69. The molecular formula is C18H28N2O3. The molecule has 2 saturated heterocycles. The molecule has 1 N–H and O–H groups in total. The van der Waals surface area contributed by atoms with E-state index in [1.165, 1.54) is 5.56 Å². The summed E-state index contributed by atoms with van der Waals surface area (Å²) in [6.45, 7) is 7.09. The van der Waals surface area contributed by atoms with Crippen LogP contribution < -0.4 is 14.8 Å². The molecule has 3 rings (SSSR count). The predicted molar refractivity (Wildman–Crippen MR) is 90.5 cm³/mol. The number of nitrogens with one attached hydrogen (secondary N) is 1. The highest BCUT2D eigenvalue weighted by molar-refractivity contribution is 5.43. The van der Waals surface area contributed by atoms with Crippen LogP contribution in [0.3, 0.4) is 0 Å². The van der Waals surface area contributed by atoms with Gasteiger partial charge in [0.25, 0.3) is 0 Å². The van der Waals surface area contributed by atoms with Crippen LogP contribution in [0, 0.1) is 0 Å². The van der Waals surface area contributed by atoms with Gasteiger partial charge in [0, 0.05) is 39.3 Å². The van der Waals surface area contributed by atoms with Crippen LogP contribution in [-0.4, -0.2) is 64.1 Å². The monoisotopic (exact) mass is 320 g/mol. The number of hydrogen-bond donors (Lipinski definition) is 1. The molecule has 1 unspecified atom stereocenters. The molecule has 1 aromatic rings. The SMILES string of the molecule is COc1ccc(CCN2CCNCC2)cc1OC1CCCOC1. The molecule has 0 aliphatic carbocycles. The van der Waals surface area contributed by atoms with Crippen molar-refractivity contribution >= 4 is 0 Å². The standard InChI is InChI=1S/C18H28N2O3/c1-21-17-5-4-15(6-9-20-10-7-19-8-11-20)13-18(17)23-16-3-2-12-22-14-16/h4-5,13,16,19H,2-3,6-12,14H2,1H3. The molecule has 0 aromatic heterocycles. The Kier molecular flexibility index (Phi) is 6.13. The molecule has 2 fully saturated rings. The van der Waals surface area contributed by atoms with Gasteiger partial charge < -0.3 is 24.4 Å². The Morgan fingerprint density at radius 1 is 1.26 bits per heavy atom. The average Bonchev–Trinajstić information content (AvgIpc) is 2.62. The summed E-state index contributed by atoms with van der Waals surface area (Å²) < 4.78 is 17.1. The minimum Gasteiger partial charge on any atom is -0.493 e. The van der Waals surface area contributed by atoms with Gasteiger partial charge in [0.1, 0.15) is 6.10 Å². The van der Waals surface area contributed by atoms with Crippen molar-refractivity contribution in [2.24, 2.45) is 0 Å². The van der Waals surface area contributed by atoms with Gasteiger partial charge in [-0.3, -0.25) is 0 Å². The quantitative estimate of drug-likeness (QED) is 0.864. The minimum atomic E-state index is 0.140. The van der Waals surface area contributed by atoms with E-state index in [1.54, 1.807) is 7.11 Å². The van der Waals surface area contributed by atoms with E-state index in [2.05, 4.69) is 22.3 Å². The number of ether oxygens (including phenoxy) is 3. The van der Waals surface area contributed by atoms with E-state index >= 15 is 0 Å². The largest absolute Gasteiger partial charge is 0.493 e. The summed E-state index contributed by atoms with van der Waals surface area (Å²) in [5, 5.41) is 3.39. The number of hydrogen-bond acceptors (Lipinski definition) is 5. The third-order valence-electron chi connectivity index (χ3n) is 4.57. The molecule has 0 amide bonds. The highest BCUT2D eigenvalue weighted by Crippen LogP contribution is 2.30. The third kappa shape index (κ3) is 4.83. The molecular weight excluding hydrogens is 292 g/mol. The molecule has 1 atom stereocenters. The summed E-state index contributed by atoms with van der Waals surface area (Å²) in [5.74, 6) is 1.65.